The molecule has 2 aliphatic heterocycles. The van der Waals surface area contributed by atoms with Crippen LogP contribution in [0.15, 0.2) is 35.5 Å². The Kier molecular flexibility index (Phi) is 9.76. The van der Waals surface area contributed by atoms with Gasteiger partial charge in [0.05, 0.1) is 11.1 Å². The van der Waals surface area contributed by atoms with E-state index in [2.05, 4.69) is 44.1 Å². The second-order valence-electron chi connectivity index (χ2n) is 10.1. The number of piperazine rings is 1. The maximum absolute atomic E-state index is 14.0. The number of nitrogens with zero attached hydrogens (tertiary/aromatic N) is 4. The van der Waals surface area contributed by atoms with Crippen LogP contribution in [0.1, 0.15) is 36.1 Å². The van der Waals surface area contributed by atoms with Crippen LogP contribution < -0.4 is 16.4 Å². The topological polar surface area (TPSA) is 98.9 Å². The van der Waals surface area contributed by atoms with Crippen LogP contribution in [0, 0.1) is 11.8 Å². The van der Waals surface area contributed by atoms with Gasteiger partial charge in [0.2, 0.25) is 5.91 Å². The zero-order valence-electron chi connectivity index (χ0n) is 23.3. The second-order valence-corrected chi connectivity index (χ2v) is 11.5. The van der Waals surface area contributed by atoms with Gasteiger partial charge in [0.25, 0.3) is 0 Å². The molecule has 41 heavy (non-hydrogen) atoms. The number of aliphatic imine (C=N–C) groups is 1. The zero-order chi connectivity index (χ0) is 29.7. The average molecular weight is 586 g/mol. The van der Waals surface area contributed by atoms with E-state index < -0.39 is 23.7 Å². The van der Waals surface area contributed by atoms with E-state index in [4.69, 9.17) is 5.73 Å². The highest BCUT2D eigenvalue weighted by Gasteiger charge is 2.37. The van der Waals surface area contributed by atoms with Crippen molar-refractivity contribution in [3.8, 4) is 11.8 Å². The lowest BCUT2D eigenvalue weighted by molar-refractivity contribution is -0.138. The maximum atomic E-state index is 14.0. The number of nitrogens with two attached hydrogens (primary N) is 1. The van der Waals surface area contributed by atoms with Crippen LogP contribution in [0.5, 0.6) is 0 Å². The molecule has 4 N–H and O–H groups in total. The number of rotatable bonds is 6. The van der Waals surface area contributed by atoms with Crippen molar-refractivity contribution in [2.24, 2.45) is 4.99 Å². The molecule has 2 aliphatic rings. The lowest BCUT2D eigenvalue weighted by Crippen LogP contribution is -2.44. The third-order valence-corrected chi connectivity index (χ3v) is 8.28. The SMILES string of the molecule is C=Nc1c(N)ncc(C#CC2NC(C(=O)Nc3ccc(CN4CCN(C)CC4)c(C(F)(F)F)c3)C(C)S2)c1/C=C\C. The van der Waals surface area contributed by atoms with Crippen LogP contribution in [0.2, 0.25) is 0 Å². The summed E-state index contributed by atoms with van der Waals surface area (Å²) >= 11 is 1.46. The van der Waals surface area contributed by atoms with Gasteiger partial charge in [-0.25, -0.2) is 4.98 Å². The summed E-state index contributed by atoms with van der Waals surface area (Å²) in [7, 11) is 2.00. The fraction of sp³-hybridized carbons (Fsp3) is 0.414. The Labute approximate surface area is 242 Å². The van der Waals surface area contributed by atoms with Crippen molar-refractivity contribution < 1.29 is 18.0 Å². The number of allylic oxidation sites excluding steroid dienone is 1. The number of benzene rings is 1. The molecule has 0 spiro atoms. The van der Waals surface area contributed by atoms with E-state index in [1.165, 1.54) is 23.9 Å². The molecule has 8 nitrogen and oxygen atoms in total. The second kappa shape index (κ2) is 13.1. The standard InChI is InChI=1S/C29H34F3N7OS/c1-5-6-22-19(16-35-27(33)26(22)34-3)8-10-24-37-25(18(2)41-24)28(40)36-21-9-7-20(23(15-21)29(30,31)32)17-39-13-11-38(4)12-14-39/h5-7,9,15-16,18,24-25,37H,3,11-14,17H2,1-2,4H3,(H2,33,35)(H,36,40)/b6-5-. The van der Waals surface area contributed by atoms with Crippen molar-refractivity contribution in [1.29, 1.82) is 0 Å². The first-order chi connectivity index (χ1) is 19.5. The Morgan fingerprint density at radius 3 is 2.73 bits per heavy atom. The molecule has 1 amide bonds. The number of carbonyl (C=O) groups is 1. The number of nitrogen functional groups attached to an aromatic ring is 1. The van der Waals surface area contributed by atoms with E-state index in [0.29, 0.717) is 29.9 Å². The molecule has 3 unspecified atom stereocenters. The molecule has 2 saturated heterocycles. The van der Waals surface area contributed by atoms with Gasteiger partial charge >= 0.3 is 6.18 Å². The molecule has 3 heterocycles. The molecule has 218 valence electrons. The molecule has 12 heteroatoms. The van der Waals surface area contributed by atoms with Crippen molar-refractivity contribution >= 4 is 47.7 Å². The van der Waals surface area contributed by atoms with Crippen LogP contribution in [-0.2, 0) is 17.5 Å². The molecule has 3 atom stereocenters. The molecule has 0 saturated carbocycles. The van der Waals surface area contributed by atoms with Gasteiger partial charge in [-0.2, -0.15) is 13.2 Å². The Balaban J connectivity index is 1.46. The van der Waals surface area contributed by atoms with Crippen molar-refractivity contribution in [3.63, 3.8) is 0 Å². The zero-order valence-corrected chi connectivity index (χ0v) is 24.1. The summed E-state index contributed by atoms with van der Waals surface area (Å²) in [5, 5.41) is 5.30. The molecular formula is C29H34F3N7OS. The van der Waals surface area contributed by atoms with E-state index in [-0.39, 0.29) is 34.2 Å². The molecule has 2 aromatic rings. The fourth-order valence-electron chi connectivity index (χ4n) is 4.79. The molecule has 1 aromatic heterocycles. The van der Waals surface area contributed by atoms with Gasteiger partial charge in [0, 0.05) is 55.4 Å². The van der Waals surface area contributed by atoms with Gasteiger partial charge in [-0.3, -0.25) is 20.0 Å². The minimum absolute atomic E-state index is 0.103. The number of halogens is 3. The number of aromatic nitrogens is 1. The van der Waals surface area contributed by atoms with Gasteiger partial charge in [0.1, 0.15) is 22.9 Å². The number of alkyl halides is 3. The van der Waals surface area contributed by atoms with Crippen LogP contribution in [-0.4, -0.2) is 77.3 Å². The highest BCUT2D eigenvalue weighted by Crippen LogP contribution is 2.35. The number of hydrogen-bond acceptors (Lipinski definition) is 8. The molecule has 0 aliphatic carbocycles. The van der Waals surface area contributed by atoms with Gasteiger partial charge in [-0.15, -0.1) is 11.8 Å². The molecule has 1 aromatic carbocycles. The number of pyridine rings is 1. The van der Waals surface area contributed by atoms with Gasteiger partial charge in [0.15, 0.2) is 0 Å². The number of amides is 1. The Morgan fingerprint density at radius 2 is 2.07 bits per heavy atom. The number of anilines is 2. The van der Waals surface area contributed by atoms with Gasteiger partial charge in [-0.05, 0) is 38.4 Å². The van der Waals surface area contributed by atoms with Crippen molar-refractivity contribution in [2.75, 3.05) is 44.3 Å². The van der Waals surface area contributed by atoms with E-state index in [1.807, 2.05) is 37.9 Å². The molecule has 2 fully saturated rings. The largest absolute Gasteiger partial charge is 0.416 e. The molecular weight excluding hydrogens is 551 g/mol. The molecule has 0 radical (unpaired) electrons. The maximum Gasteiger partial charge on any atom is 0.416 e. The van der Waals surface area contributed by atoms with E-state index in [9.17, 15) is 18.0 Å². The highest BCUT2D eigenvalue weighted by atomic mass is 32.2. The quantitative estimate of drug-likeness (QED) is 0.345. The third-order valence-electron chi connectivity index (χ3n) is 7.06. The number of hydrogen-bond donors (Lipinski definition) is 3. The Hall–Kier alpha value is -3.37. The van der Waals surface area contributed by atoms with E-state index >= 15 is 0 Å². The fourth-order valence-corrected chi connectivity index (χ4v) is 5.93. The van der Waals surface area contributed by atoms with Crippen LogP contribution >= 0.6 is 11.8 Å². The first kappa shape index (κ1) is 30.6. The lowest BCUT2D eigenvalue weighted by atomic mass is 10.0. The minimum Gasteiger partial charge on any atom is -0.382 e. The number of carbonyl (C=O) groups excluding carboxylic acids is 1. The van der Waals surface area contributed by atoms with Crippen molar-refractivity contribution in [2.45, 2.75) is 43.2 Å². The predicted molar refractivity (Wildman–Crippen MR) is 160 cm³/mol. The number of nitrogens with one attached hydrogen (secondary N) is 2. The van der Waals surface area contributed by atoms with Crippen molar-refractivity contribution in [1.82, 2.24) is 20.1 Å². The first-order valence-corrected chi connectivity index (χ1v) is 14.2. The van der Waals surface area contributed by atoms with Gasteiger partial charge < -0.3 is 16.0 Å². The summed E-state index contributed by atoms with van der Waals surface area (Å²) in [6.07, 6.45) is 0.682. The normalized spacial score (nSPS) is 22.0. The Bertz CT molecular complexity index is 1380. The first-order valence-electron chi connectivity index (χ1n) is 13.2. The Morgan fingerprint density at radius 1 is 1.34 bits per heavy atom. The summed E-state index contributed by atoms with van der Waals surface area (Å²) < 4.78 is 41.9. The van der Waals surface area contributed by atoms with Gasteiger partial charge in [-0.1, -0.05) is 37.0 Å². The summed E-state index contributed by atoms with van der Waals surface area (Å²) in [6, 6.07) is 3.37. The minimum atomic E-state index is -4.54. The smallest absolute Gasteiger partial charge is 0.382 e. The van der Waals surface area contributed by atoms with E-state index in [1.54, 1.807) is 6.20 Å². The number of thioether (sulfide) groups is 1. The summed E-state index contributed by atoms with van der Waals surface area (Å²) in [5.41, 5.74) is 7.24. The predicted octanol–water partition coefficient (Wildman–Crippen LogP) is 4.21. The van der Waals surface area contributed by atoms with Crippen molar-refractivity contribution in [3.05, 3.63) is 52.7 Å². The summed E-state index contributed by atoms with van der Waals surface area (Å²) in [4.78, 5) is 25.4. The highest BCUT2D eigenvalue weighted by molar-refractivity contribution is 8.01. The van der Waals surface area contributed by atoms with Crippen LogP contribution in [0.3, 0.4) is 0 Å². The molecule has 4 rings (SSSR count). The number of likely N-dealkylation sites (N-methyl/N-ethyl adjacent to an activating group) is 1. The lowest BCUT2D eigenvalue weighted by Gasteiger charge is -2.33. The average Bonchev–Trinajstić information content (AvgIpc) is 3.30. The summed E-state index contributed by atoms with van der Waals surface area (Å²) in [6.45, 7) is 10.5. The third kappa shape index (κ3) is 7.48. The monoisotopic (exact) mass is 585 g/mol. The molecule has 0 bridgehead atoms. The van der Waals surface area contributed by atoms with Crippen LogP contribution in [0.25, 0.3) is 6.08 Å². The summed E-state index contributed by atoms with van der Waals surface area (Å²) in [5.74, 6) is 6.03. The van der Waals surface area contributed by atoms with E-state index in [0.717, 1.165) is 19.2 Å². The van der Waals surface area contributed by atoms with Crippen LogP contribution in [0.4, 0.5) is 30.4 Å².